The highest BCUT2D eigenvalue weighted by Gasteiger charge is 2.14. The Balaban J connectivity index is -0.000000605. The lowest BCUT2D eigenvalue weighted by Crippen LogP contribution is -2.30. The largest absolute Gasteiger partial charge is 0.480 e. The first-order valence-electron chi connectivity index (χ1n) is 3.96. The van der Waals surface area contributed by atoms with Crippen molar-refractivity contribution in [3.05, 3.63) is 0 Å². The predicted molar refractivity (Wildman–Crippen MR) is 56.4 cm³/mol. The molecule has 0 heterocycles. The smallest absolute Gasteiger partial charge is 0.320 e. The number of hydrogen-bond donors (Lipinski definition) is 3. The molecule has 0 aromatic carbocycles. The lowest BCUT2D eigenvalue weighted by molar-refractivity contribution is -0.138. The number of carbonyl (C=O) groups excluding carboxylic acids is 1. The summed E-state index contributed by atoms with van der Waals surface area (Å²) in [6.45, 7) is 3.57. The van der Waals surface area contributed by atoms with Gasteiger partial charge in [-0.15, -0.1) is 0 Å². The minimum atomic E-state index is -1.05. The van der Waals surface area contributed by atoms with Crippen molar-refractivity contribution < 1.29 is 14.7 Å². The monoisotopic (exact) mass is 206 g/mol. The quantitative estimate of drug-likeness (QED) is 0.625. The second-order valence-corrected chi connectivity index (χ2v) is 3.10. The fraction of sp³-hybridized carbons (Fsp3) is 0.778. The van der Waals surface area contributed by atoms with Gasteiger partial charge in [0.05, 0.1) is 0 Å². The average Bonchev–Trinajstić information content (AvgIpc) is 1.98. The normalized spacial score (nSPS) is 11.1. The number of carbonyl (C=O) groups is 2. The van der Waals surface area contributed by atoms with Crippen molar-refractivity contribution in [2.45, 2.75) is 40.2 Å². The topological polar surface area (TPSA) is 115 Å². The maximum Gasteiger partial charge on any atom is 0.320 e. The zero-order valence-corrected chi connectivity index (χ0v) is 8.12. The van der Waals surface area contributed by atoms with Gasteiger partial charge in [-0.1, -0.05) is 21.3 Å². The molecule has 0 aliphatic rings. The number of ketones is 1. The molecular formula is C9H22N2O3. The molecule has 5 heteroatoms. The zero-order valence-electron chi connectivity index (χ0n) is 8.12. The van der Waals surface area contributed by atoms with E-state index in [2.05, 4.69) is 0 Å². The molecule has 5 nitrogen and oxygen atoms in total. The van der Waals surface area contributed by atoms with Crippen LogP contribution in [0.2, 0.25) is 0 Å². The van der Waals surface area contributed by atoms with E-state index in [0.717, 1.165) is 0 Å². The molecule has 1 atom stereocenters. The minimum Gasteiger partial charge on any atom is -0.480 e. The molecule has 0 saturated heterocycles. The van der Waals surface area contributed by atoms with E-state index in [4.69, 9.17) is 10.8 Å². The van der Waals surface area contributed by atoms with Gasteiger partial charge in [0.2, 0.25) is 0 Å². The first kappa shape index (κ1) is 18.8. The molecule has 0 aromatic rings. The van der Waals surface area contributed by atoms with Gasteiger partial charge in [0.15, 0.2) is 0 Å². The van der Waals surface area contributed by atoms with Crippen LogP contribution in [0.1, 0.15) is 34.1 Å². The van der Waals surface area contributed by atoms with Gasteiger partial charge in [0, 0.05) is 12.3 Å². The summed E-state index contributed by atoms with van der Waals surface area (Å²) in [7, 11) is 0. The van der Waals surface area contributed by atoms with Crippen molar-refractivity contribution in [3.8, 4) is 0 Å². The van der Waals surface area contributed by atoms with Gasteiger partial charge in [-0.3, -0.25) is 9.59 Å². The van der Waals surface area contributed by atoms with Crippen LogP contribution in [0, 0.1) is 5.92 Å². The standard InChI is InChI=1S/C8H15NO3.CH4.H3N/c1-5(2)7(10)4-3-6(9)8(11)12;;/h5-6H,3-4,9H2,1-2H3,(H,11,12);1H4;1H3/t6-;;/m0../s1. The molecule has 86 valence electrons. The molecule has 0 rings (SSSR count). The summed E-state index contributed by atoms with van der Waals surface area (Å²) in [6.07, 6.45) is 0.484. The van der Waals surface area contributed by atoms with Crippen molar-refractivity contribution in [3.63, 3.8) is 0 Å². The van der Waals surface area contributed by atoms with Crippen molar-refractivity contribution in [2.24, 2.45) is 11.7 Å². The lowest BCUT2D eigenvalue weighted by atomic mass is 10.0. The molecule has 0 saturated carbocycles. The molecule has 0 radical (unpaired) electrons. The van der Waals surface area contributed by atoms with Crippen LogP contribution >= 0.6 is 0 Å². The van der Waals surface area contributed by atoms with E-state index in [1.54, 1.807) is 13.8 Å². The first-order chi connectivity index (χ1) is 5.45. The molecule has 0 aliphatic carbocycles. The van der Waals surface area contributed by atoms with Crippen LogP contribution in [0.15, 0.2) is 0 Å². The Labute approximate surface area is 85.3 Å². The summed E-state index contributed by atoms with van der Waals surface area (Å²) >= 11 is 0. The van der Waals surface area contributed by atoms with Gasteiger partial charge in [0.1, 0.15) is 11.8 Å². The number of Topliss-reactive ketones (excluding diaryl/α,β-unsaturated/α-hetero) is 1. The summed E-state index contributed by atoms with van der Waals surface area (Å²) in [5.41, 5.74) is 5.21. The molecule has 0 amide bonds. The van der Waals surface area contributed by atoms with Gasteiger partial charge in [-0.2, -0.15) is 0 Å². The van der Waals surface area contributed by atoms with Crippen molar-refractivity contribution in [1.29, 1.82) is 0 Å². The molecule has 0 unspecified atom stereocenters. The molecule has 0 aliphatic heterocycles. The van der Waals surface area contributed by atoms with Crippen molar-refractivity contribution in [1.82, 2.24) is 6.15 Å². The Bertz CT molecular complexity index is 181. The Morgan fingerprint density at radius 3 is 2.07 bits per heavy atom. The van der Waals surface area contributed by atoms with Crippen LogP contribution in [0.3, 0.4) is 0 Å². The third-order valence-corrected chi connectivity index (χ3v) is 1.66. The molecular weight excluding hydrogens is 184 g/mol. The van der Waals surface area contributed by atoms with E-state index in [1.807, 2.05) is 0 Å². The van der Waals surface area contributed by atoms with E-state index in [0.29, 0.717) is 0 Å². The summed E-state index contributed by atoms with van der Waals surface area (Å²) in [6, 6.07) is -0.910. The highest BCUT2D eigenvalue weighted by molar-refractivity contribution is 5.81. The molecule has 6 N–H and O–H groups in total. The summed E-state index contributed by atoms with van der Waals surface area (Å²) in [5.74, 6) is -1.02. The van der Waals surface area contributed by atoms with Gasteiger partial charge in [-0.25, -0.2) is 0 Å². The van der Waals surface area contributed by atoms with E-state index >= 15 is 0 Å². The van der Waals surface area contributed by atoms with Crippen LogP contribution < -0.4 is 11.9 Å². The number of carboxylic acid groups (broad SMARTS) is 1. The van der Waals surface area contributed by atoms with Crippen LogP contribution in [-0.2, 0) is 9.59 Å². The molecule has 0 spiro atoms. The second-order valence-electron chi connectivity index (χ2n) is 3.10. The average molecular weight is 206 g/mol. The lowest BCUT2D eigenvalue weighted by Gasteiger charge is -2.06. The van der Waals surface area contributed by atoms with Gasteiger partial charge in [0.25, 0.3) is 0 Å². The van der Waals surface area contributed by atoms with Crippen molar-refractivity contribution >= 4 is 11.8 Å². The minimum absolute atomic E-state index is 0. The number of aliphatic carboxylic acids is 1. The second kappa shape index (κ2) is 8.65. The number of carboxylic acids is 1. The Morgan fingerprint density at radius 2 is 1.79 bits per heavy atom. The summed E-state index contributed by atoms with van der Waals surface area (Å²) in [5, 5.41) is 8.40. The number of rotatable bonds is 5. The zero-order chi connectivity index (χ0) is 9.72. The van der Waals surface area contributed by atoms with E-state index in [9.17, 15) is 9.59 Å². The molecule has 0 aromatic heterocycles. The van der Waals surface area contributed by atoms with Crippen molar-refractivity contribution in [2.75, 3.05) is 0 Å². The number of hydrogen-bond acceptors (Lipinski definition) is 4. The number of nitrogens with two attached hydrogens (primary N) is 1. The summed E-state index contributed by atoms with van der Waals surface area (Å²) in [4.78, 5) is 21.3. The molecule has 0 fully saturated rings. The van der Waals surface area contributed by atoms with Crippen LogP contribution in [0.5, 0.6) is 0 Å². The Morgan fingerprint density at radius 1 is 1.36 bits per heavy atom. The van der Waals surface area contributed by atoms with E-state index < -0.39 is 12.0 Å². The third kappa shape index (κ3) is 7.70. The van der Waals surface area contributed by atoms with Gasteiger partial charge in [-0.05, 0) is 6.42 Å². The van der Waals surface area contributed by atoms with E-state index in [1.165, 1.54) is 0 Å². The maximum atomic E-state index is 11.0. The summed E-state index contributed by atoms with van der Waals surface area (Å²) < 4.78 is 0. The van der Waals surface area contributed by atoms with E-state index in [-0.39, 0.29) is 38.1 Å². The highest BCUT2D eigenvalue weighted by Crippen LogP contribution is 2.03. The Hall–Kier alpha value is -0.940. The first-order valence-corrected chi connectivity index (χ1v) is 3.96. The fourth-order valence-corrected chi connectivity index (χ4v) is 0.710. The van der Waals surface area contributed by atoms with Crippen LogP contribution in [0.4, 0.5) is 0 Å². The predicted octanol–water partition coefficient (Wildman–Crippen LogP) is 1.20. The fourth-order valence-electron chi connectivity index (χ4n) is 0.710. The van der Waals surface area contributed by atoms with Crippen LogP contribution in [-0.4, -0.2) is 22.9 Å². The highest BCUT2D eigenvalue weighted by atomic mass is 16.4. The SMILES string of the molecule is C.CC(C)C(=O)CC[C@H](N)C(=O)O.N. The maximum absolute atomic E-state index is 11.0. The molecule has 14 heavy (non-hydrogen) atoms. The molecule has 0 bridgehead atoms. The van der Waals surface area contributed by atoms with Gasteiger partial charge < -0.3 is 17.0 Å². The third-order valence-electron chi connectivity index (χ3n) is 1.66. The van der Waals surface area contributed by atoms with Crippen LogP contribution in [0.25, 0.3) is 0 Å². The Kier molecular flexibility index (Phi) is 11.6. The van der Waals surface area contributed by atoms with Gasteiger partial charge >= 0.3 is 5.97 Å².